The lowest BCUT2D eigenvalue weighted by Gasteiger charge is -2.32. The van der Waals surface area contributed by atoms with Crippen LogP contribution in [0.15, 0.2) is 30.5 Å². The number of aliphatic hydroxyl groups excluding tert-OH is 1. The van der Waals surface area contributed by atoms with Gasteiger partial charge in [0.25, 0.3) is 5.91 Å². The Kier molecular flexibility index (Phi) is 4.93. The number of nitrogens with zero attached hydrogens (tertiary/aromatic N) is 5. The summed E-state index contributed by atoms with van der Waals surface area (Å²) in [4.78, 5) is 19.6. The first-order valence-corrected chi connectivity index (χ1v) is 9.86. The summed E-state index contributed by atoms with van der Waals surface area (Å²) in [5, 5.41) is 15.0. The van der Waals surface area contributed by atoms with Crippen LogP contribution in [0.25, 0.3) is 10.9 Å². The van der Waals surface area contributed by atoms with E-state index in [1.807, 2.05) is 56.3 Å². The molecule has 148 valence electrons. The number of benzene rings is 1. The van der Waals surface area contributed by atoms with Gasteiger partial charge in [-0.25, -0.2) is 4.98 Å². The van der Waals surface area contributed by atoms with Gasteiger partial charge in [-0.3, -0.25) is 9.48 Å². The Morgan fingerprint density at radius 1 is 1.29 bits per heavy atom. The molecule has 28 heavy (non-hydrogen) atoms. The lowest BCUT2D eigenvalue weighted by atomic mass is 9.95. The fraction of sp³-hybridized carbons (Fsp3) is 0.476. The Morgan fingerprint density at radius 3 is 2.71 bits per heavy atom. The lowest BCUT2D eigenvalue weighted by Crippen LogP contribution is -2.38. The van der Waals surface area contributed by atoms with E-state index < -0.39 is 0 Å². The van der Waals surface area contributed by atoms with Crippen molar-refractivity contribution in [3.63, 3.8) is 0 Å². The van der Waals surface area contributed by atoms with E-state index in [2.05, 4.69) is 14.6 Å². The van der Waals surface area contributed by atoms with Crippen LogP contribution in [0.2, 0.25) is 0 Å². The largest absolute Gasteiger partial charge is 0.394 e. The first-order valence-electron chi connectivity index (χ1n) is 9.86. The number of aryl methyl sites for hydroxylation is 2. The van der Waals surface area contributed by atoms with Crippen molar-refractivity contribution in [2.24, 2.45) is 7.05 Å². The van der Waals surface area contributed by atoms with E-state index >= 15 is 0 Å². The average molecular weight is 381 g/mol. The fourth-order valence-corrected chi connectivity index (χ4v) is 4.28. The summed E-state index contributed by atoms with van der Waals surface area (Å²) < 4.78 is 3.90. The number of para-hydroxylation sites is 1. The Labute approximate surface area is 164 Å². The van der Waals surface area contributed by atoms with Crippen molar-refractivity contribution < 1.29 is 9.90 Å². The van der Waals surface area contributed by atoms with Gasteiger partial charge < -0.3 is 14.6 Å². The molecule has 1 aliphatic heterocycles. The highest BCUT2D eigenvalue weighted by Gasteiger charge is 2.30. The standard InChI is InChI=1S/C21H27N5O2/c1-14-12-22-20(26(14)15(2)13-27)16-8-10-25(11-9-16)21(28)19-17-6-4-5-7-18(17)24(3)23-19/h4-7,12,15-16,27H,8-11,13H2,1-3H3/t15-/m1/s1. The van der Waals surface area contributed by atoms with Gasteiger partial charge >= 0.3 is 0 Å². The molecule has 0 radical (unpaired) electrons. The van der Waals surface area contributed by atoms with Crippen molar-refractivity contribution in [3.8, 4) is 0 Å². The number of aliphatic hydroxyl groups is 1. The maximum atomic E-state index is 13.1. The molecule has 0 aliphatic carbocycles. The normalized spacial score (nSPS) is 16.6. The van der Waals surface area contributed by atoms with Crippen molar-refractivity contribution >= 4 is 16.8 Å². The maximum absolute atomic E-state index is 13.1. The van der Waals surface area contributed by atoms with Gasteiger partial charge in [0.05, 0.1) is 18.2 Å². The molecule has 3 heterocycles. The SMILES string of the molecule is Cc1cnc(C2CCN(C(=O)c3nn(C)c4ccccc34)CC2)n1[C@H](C)CO. The molecule has 1 amide bonds. The van der Waals surface area contributed by atoms with Gasteiger partial charge in [0.2, 0.25) is 0 Å². The van der Waals surface area contributed by atoms with Crippen LogP contribution in [0.3, 0.4) is 0 Å². The molecule has 1 saturated heterocycles. The minimum absolute atomic E-state index is 0.00139. The number of likely N-dealkylation sites (tertiary alicyclic amines) is 1. The second-order valence-corrected chi connectivity index (χ2v) is 7.72. The molecule has 1 atom stereocenters. The summed E-state index contributed by atoms with van der Waals surface area (Å²) in [5.74, 6) is 1.32. The van der Waals surface area contributed by atoms with Crippen molar-refractivity contribution in [3.05, 3.63) is 47.7 Å². The van der Waals surface area contributed by atoms with Crippen LogP contribution in [0.4, 0.5) is 0 Å². The van der Waals surface area contributed by atoms with Crippen LogP contribution in [0.1, 0.15) is 53.7 Å². The molecule has 0 bridgehead atoms. The molecule has 1 fully saturated rings. The number of hydrogen-bond acceptors (Lipinski definition) is 4. The first kappa shape index (κ1) is 18.7. The number of hydrogen-bond donors (Lipinski definition) is 1. The highest BCUT2D eigenvalue weighted by Crippen LogP contribution is 2.31. The van der Waals surface area contributed by atoms with Crippen molar-refractivity contribution in [2.75, 3.05) is 19.7 Å². The molecule has 3 aromatic rings. The second kappa shape index (κ2) is 7.39. The van der Waals surface area contributed by atoms with Crippen LogP contribution in [0.5, 0.6) is 0 Å². The highest BCUT2D eigenvalue weighted by atomic mass is 16.3. The Balaban J connectivity index is 1.51. The molecule has 7 heteroatoms. The number of imidazole rings is 1. The topological polar surface area (TPSA) is 76.2 Å². The molecular formula is C21H27N5O2. The average Bonchev–Trinajstić information content (AvgIpc) is 3.27. The van der Waals surface area contributed by atoms with Gasteiger partial charge in [-0.05, 0) is 32.8 Å². The van der Waals surface area contributed by atoms with E-state index in [-0.39, 0.29) is 18.6 Å². The summed E-state index contributed by atoms with van der Waals surface area (Å²) >= 11 is 0. The monoisotopic (exact) mass is 381 g/mol. The fourth-order valence-electron chi connectivity index (χ4n) is 4.28. The summed E-state index contributed by atoms with van der Waals surface area (Å²) in [5.41, 5.74) is 2.56. The number of carbonyl (C=O) groups excluding carboxylic acids is 1. The van der Waals surface area contributed by atoms with Crippen LogP contribution >= 0.6 is 0 Å². The van der Waals surface area contributed by atoms with Gasteiger partial charge in [-0.2, -0.15) is 5.10 Å². The van der Waals surface area contributed by atoms with E-state index in [0.29, 0.717) is 24.7 Å². The van der Waals surface area contributed by atoms with Crippen molar-refractivity contribution in [1.82, 2.24) is 24.2 Å². The molecule has 2 aromatic heterocycles. The van der Waals surface area contributed by atoms with Crippen LogP contribution in [-0.4, -0.2) is 54.9 Å². The number of amides is 1. The minimum Gasteiger partial charge on any atom is -0.394 e. The third kappa shape index (κ3) is 3.09. The van der Waals surface area contributed by atoms with Gasteiger partial charge in [0.1, 0.15) is 5.82 Å². The summed E-state index contributed by atoms with van der Waals surface area (Å²) in [6, 6.07) is 7.85. The molecule has 0 spiro atoms. The number of carbonyl (C=O) groups is 1. The minimum atomic E-state index is -0.00139. The molecular weight excluding hydrogens is 354 g/mol. The maximum Gasteiger partial charge on any atom is 0.275 e. The molecule has 1 aliphatic rings. The van der Waals surface area contributed by atoms with E-state index in [1.165, 1.54) is 0 Å². The highest BCUT2D eigenvalue weighted by molar-refractivity contribution is 6.04. The lowest BCUT2D eigenvalue weighted by molar-refractivity contribution is 0.0704. The third-order valence-corrected chi connectivity index (χ3v) is 5.82. The van der Waals surface area contributed by atoms with Crippen LogP contribution in [-0.2, 0) is 7.05 Å². The molecule has 1 aromatic carbocycles. The van der Waals surface area contributed by atoms with Gasteiger partial charge in [-0.1, -0.05) is 18.2 Å². The van der Waals surface area contributed by atoms with Crippen molar-refractivity contribution in [1.29, 1.82) is 0 Å². The molecule has 0 saturated carbocycles. The van der Waals surface area contributed by atoms with Gasteiger partial charge in [0, 0.05) is 43.3 Å². The molecule has 7 nitrogen and oxygen atoms in total. The Morgan fingerprint density at radius 2 is 2.00 bits per heavy atom. The predicted molar refractivity (Wildman–Crippen MR) is 107 cm³/mol. The zero-order chi connectivity index (χ0) is 19.8. The number of aromatic nitrogens is 4. The Bertz CT molecular complexity index is 998. The summed E-state index contributed by atoms with van der Waals surface area (Å²) in [7, 11) is 1.87. The van der Waals surface area contributed by atoms with E-state index in [4.69, 9.17) is 0 Å². The zero-order valence-corrected chi connectivity index (χ0v) is 16.7. The van der Waals surface area contributed by atoms with Gasteiger partial charge in [0.15, 0.2) is 5.69 Å². The summed E-state index contributed by atoms with van der Waals surface area (Å²) in [6.07, 6.45) is 3.61. The van der Waals surface area contributed by atoms with Gasteiger partial charge in [-0.15, -0.1) is 0 Å². The number of piperidine rings is 1. The first-order chi connectivity index (χ1) is 13.5. The van der Waals surface area contributed by atoms with Crippen LogP contribution < -0.4 is 0 Å². The number of rotatable bonds is 4. The smallest absolute Gasteiger partial charge is 0.275 e. The van der Waals surface area contributed by atoms with Crippen LogP contribution in [0, 0.1) is 6.92 Å². The van der Waals surface area contributed by atoms with Crippen molar-refractivity contribution in [2.45, 2.75) is 38.6 Å². The Hall–Kier alpha value is -2.67. The van der Waals surface area contributed by atoms with E-state index in [1.54, 1.807) is 4.68 Å². The molecule has 1 N–H and O–H groups in total. The quantitative estimate of drug-likeness (QED) is 0.754. The molecule has 0 unspecified atom stereocenters. The third-order valence-electron chi connectivity index (χ3n) is 5.82. The number of fused-ring (bicyclic) bond motifs is 1. The zero-order valence-electron chi connectivity index (χ0n) is 16.7. The van der Waals surface area contributed by atoms with E-state index in [0.717, 1.165) is 35.3 Å². The molecule has 4 rings (SSSR count). The predicted octanol–water partition coefficient (Wildman–Crippen LogP) is 2.65. The summed E-state index contributed by atoms with van der Waals surface area (Å²) in [6.45, 7) is 5.49. The second-order valence-electron chi connectivity index (χ2n) is 7.72. The van der Waals surface area contributed by atoms with E-state index in [9.17, 15) is 9.90 Å².